The molecule has 0 amide bonds. The molecule has 0 unspecified atom stereocenters. The molecule has 0 saturated carbocycles. The van der Waals surface area contributed by atoms with Crippen LogP contribution in [0.3, 0.4) is 0 Å². The maximum absolute atomic E-state index is 5.27. The van der Waals surface area contributed by atoms with Crippen LogP contribution >= 0.6 is 15.9 Å². The predicted octanol–water partition coefficient (Wildman–Crippen LogP) is 3.64. The van der Waals surface area contributed by atoms with Crippen molar-refractivity contribution in [3.05, 3.63) is 28.2 Å². The molecule has 17 heavy (non-hydrogen) atoms. The topological polar surface area (TPSA) is 21.3 Å². The summed E-state index contributed by atoms with van der Waals surface area (Å²) < 4.78 is 6.42. The van der Waals surface area contributed by atoms with Gasteiger partial charge in [-0.25, -0.2) is 0 Å². The Hall–Kier alpha value is -0.540. The van der Waals surface area contributed by atoms with Crippen LogP contribution in [0.1, 0.15) is 26.3 Å². The van der Waals surface area contributed by atoms with E-state index in [1.807, 2.05) is 6.07 Å². The fourth-order valence-electron chi connectivity index (χ4n) is 1.86. The second kappa shape index (κ2) is 6.41. The van der Waals surface area contributed by atoms with Crippen molar-refractivity contribution in [2.24, 2.45) is 5.41 Å². The summed E-state index contributed by atoms with van der Waals surface area (Å²) in [5.74, 6) is 0.919. The molecule has 0 aliphatic rings. The summed E-state index contributed by atoms with van der Waals surface area (Å²) in [5.41, 5.74) is 1.54. The van der Waals surface area contributed by atoms with Gasteiger partial charge in [0.1, 0.15) is 5.75 Å². The van der Waals surface area contributed by atoms with Crippen molar-refractivity contribution < 1.29 is 4.74 Å². The zero-order valence-electron chi connectivity index (χ0n) is 11.1. The fourth-order valence-corrected chi connectivity index (χ4v) is 2.24. The molecular weight excluding hydrogens is 278 g/mol. The molecule has 0 saturated heterocycles. The zero-order valence-corrected chi connectivity index (χ0v) is 12.7. The average Bonchev–Trinajstić information content (AvgIpc) is 2.29. The molecule has 0 bridgehead atoms. The van der Waals surface area contributed by atoms with Gasteiger partial charge in [0.2, 0.25) is 0 Å². The second-order valence-corrected chi connectivity index (χ2v) is 5.93. The highest BCUT2D eigenvalue weighted by molar-refractivity contribution is 9.10. The van der Waals surface area contributed by atoms with Gasteiger partial charge < -0.3 is 10.1 Å². The van der Waals surface area contributed by atoms with E-state index in [1.54, 1.807) is 7.11 Å². The lowest BCUT2D eigenvalue weighted by atomic mass is 9.85. The fraction of sp³-hybridized carbons (Fsp3) is 0.571. The van der Waals surface area contributed by atoms with Gasteiger partial charge in [-0.05, 0) is 42.1 Å². The molecule has 0 atom stereocenters. The van der Waals surface area contributed by atoms with Gasteiger partial charge in [0.05, 0.1) is 7.11 Å². The van der Waals surface area contributed by atoms with E-state index in [1.165, 1.54) is 5.56 Å². The summed E-state index contributed by atoms with van der Waals surface area (Å²) in [6.07, 6.45) is 1.03. The third kappa shape index (κ3) is 4.68. The van der Waals surface area contributed by atoms with Gasteiger partial charge in [-0.3, -0.25) is 0 Å². The Kier molecular flexibility index (Phi) is 5.47. The Morgan fingerprint density at radius 1 is 1.35 bits per heavy atom. The molecule has 0 heterocycles. The normalized spacial score (nSPS) is 11.6. The summed E-state index contributed by atoms with van der Waals surface area (Å²) >= 11 is 3.60. The van der Waals surface area contributed by atoms with E-state index in [4.69, 9.17) is 4.74 Å². The van der Waals surface area contributed by atoms with E-state index in [2.05, 4.69) is 54.2 Å². The van der Waals surface area contributed by atoms with Gasteiger partial charge in [-0.1, -0.05) is 36.7 Å². The smallest absolute Gasteiger partial charge is 0.119 e. The van der Waals surface area contributed by atoms with E-state index < -0.39 is 0 Å². The monoisotopic (exact) mass is 299 g/mol. The van der Waals surface area contributed by atoms with Crippen LogP contribution in [0.25, 0.3) is 0 Å². The molecule has 0 radical (unpaired) electrons. The lowest BCUT2D eigenvalue weighted by Crippen LogP contribution is -2.31. The third-order valence-electron chi connectivity index (χ3n) is 2.78. The van der Waals surface area contributed by atoms with Gasteiger partial charge in [0.25, 0.3) is 0 Å². The summed E-state index contributed by atoms with van der Waals surface area (Å²) in [7, 11) is 1.71. The highest BCUT2D eigenvalue weighted by Crippen LogP contribution is 2.29. The predicted molar refractivity (Wildman–Crippen MR) is 76.7 cm³/mol. The van der Waals surface area contributed by atoms with Gasteiger partial charge in [-0.15, -0.1) is 0 Å². The molecule has 1 N–H and O–H groups in total. The quantitative estimate of drug-likeness (QED) is 0.866. The molecule has 0 fully saturated rings. The minimum absolute atomic E-state index is 0.241. The zero-order chi connectivity index (χ0) is 12.9. The number of rotatable bonds is 6. The van der Waals surface area contributed by atoms with Crippen molar-refractivity contribution >= 4 is 15.9 Å². The van der Waals surface area contributed by atoms with E-state index in [-0.39, 0.29) is 5.41 Å². The van der Waals surface area contributed by atoms with Gasteiger partial charge >= 0.3 is 0 Å². The van der Waals surface area contributed by atoms with Crippen molar-refractivity contribution in [1.82, 2.24) is 5.32 Å². The summed E-state index contributed by atoms with van der Waals surface area (Å²) in [6, 6.07) is 6.14. The van der Waals surface area contributed by atoms with Crippen LogP contribution in [0.2, 0.25) is 0 Å². The molecule has 1 aromatic carbocycles. The van der Waals surface area contributed by atoms with Crippen LogP contribution < -0.4 is 10.1 Å². The number of nitrogens with one attached hydrogen (secondary N) is 1. The Labute approximate surface area is 113 Å². The number of hydrogen-bond acceptors (Lipinski definition) is 2. The number of halogens is 1. The Balaban J connectivity index is 2.78. The van der Waals surface area contributed by atoms with Crippen molar-refractivity contribution in [2.75, 3.05) is 20.2 Å². The highest BCUT2D eigenvalue weighted by atomic mass is 79.9. The number of benzene rings is 1. The average molecular weight is 300 g/mol. The number of hydrogen-bond donors (Lipinski definition) is 1. The van der Waals surface area contributed by atoms with Gasteiger partial charge in [-0.2, -0.15) is 0 Å². The summed E-state index contributed by atoms with van der Waals surface area (Å²) in [5, 5.41) is 3.41. The number of methoxy groups -OCH3 is 1. The second-order valence-electron chi connectivity index (χ2n) is 5.08. The molecule has 0 aliphatic carbocycles. The lowest BCUT2D eigenvalue weighted by Gasteiger charge is -2.25. The maximum atomic E-state index is 5.27. The molecule has 96 valence electrons. The SMILES string of the molecule is CCNCC(C)(C)Cc1cc(OC)ccc1Br. The maximum Gasteiger partial charge on any atom is 0.119 e. The molecule has 3 heteroatoms. The third-order valence-corrected chi connectivity index (χ3v) is 3.55. The molecular formula is C14H22BrNO. The molecule has 2 nitrogen and oxygen atoms in total. The Morgan fingerprint density at radius 3 is 2.65 bits per heavy atom. The van der Waals surface area contributed by atoms with Crippen LogP contribution in [-0.2, 0) is 6.42 Å². The van der Waals surface area contributed by atoms with Crippen LogP contribution in [0, 0.1) is 5.41 Å². The first-order valence-electron chi connectivity index (χ1n) is 6.01. The van der Waals surface area contributed by atoms with E-state index in [9.17, 15) is 0 Å². The lowest BCUT2D eigenvalue weighted by molar-refractivity contribution is 0.340. The van der Waals surface area contributed by atoms with Crippen molar-refractivity contribution in [3.63, 3.8) is 0 Å². The first kappa shape index (κ1) is 14.5. The van der Waals surface area contributed by atoms with E-state index >= 15 is 0 Å². The van der Waals surface area contributed by atoms with Crippen LogP contribution in [0.4, 0.5) is 0 Å². The largest absolute Gasteiger partial charge is 0.497 e. The van der Waals surface area contributed by atoms with E-state index in [0.717, 1.165) is 29.7 Å². The highest BCUT2D eigenvalue weighted by Gasteiger charge is 2.19. The first-order chi connectivity index (χ1) is 7.98. The molecule has 0 spiro atoms. The molecule has 0 aromatic heterocycles. The van der Waals surface area contributed by atoms with Crippen LogP contribution in [0.5, 0.6) is 5.75 Å². The molecule has 1 aromatic rings. The standard InChI is InChI=1S/C14H22BrNO/c1-5-16-10-14(2,3)9-11-8-12(17-4)6-7-13(11)15/h6-8,16H,5,9-10H2,1-4H3. The Bertz CT molecular complexity index is 363. The summed E-state index contributed by atoms with van der Waals surface area (Å²) in [6.45, 7) is 8.73. The molecule has 1 rings (SSSR count). The van der Waals surface area contributed by atoms with Gasteiger partial charge in [0, 0.05) is 11.0 Å². The molecule has 0 aliphatic heterocycles. The summed E-state index contributed by atoms with van der Waals surface area (Å²) in [4.78, 5) is 0. The van der Waals surface area contributed by atoms with Gasteiger partial charge in [0.15, 0.2) is 0 Å². The van der Waals surface area contributed by atoms with Crippen LogP contribution in [0.15, 0.2) is 22.7 Å². The number of ether oxygens (including phenoxy) is 1. The first-order valence-corrected chi connectivity index (χ1v) is 6.81. The Morgan fingerprint density at radius 2 is 2.06 bits per heavy atom. The minimum Gasteiger partial charge on any atom is -0.497 e. The minimum atomic E-state index is 0.241. The van der Waals surface area contributed by atoms with Crippen molar-refractivity contribution in [2.45, 2.75) is 27.2 Å². The van der Waals surface area contributed by atoms with E-state index in [0.29, 0.717) is 0 Å². The van der Waals surface area contributed by atoms with Crippen molar-refractivity contribution in [1.29, 1.82) is 0 Å². The van der Waals surface area contributed by atoms with Crippen molar-refractivity contribution in [3.8, 4) is 5.75 Å². The van der Waals surface area contributed by atoms with Crippen LogP contribution in [-0.4, -0.2) is 20.2 Å².